The maximum absolute atomic E-state index is 4.98. The van der Waals surface area contributed by atoms with E-state index in [2.05, 4.69) is 91.0 Å². The molecule has 0 bridgehead atoms. The van der Waals surface area contributed by atoms with Crippen LogP contribution in [0.4, 0.5) is 0 Å². The Morgan fingerprint density at radius 2 is 0.933 bits per heavy atom. The van der Waals surface area contributed by atoms with Gasteiger partial charge in [-0.25, -0.2) is 0 Å². The van der Waals surface area contributed by atoms with E-state index in [0.717, 1.165) is 22.3 Å². The first-order valence-electron chi connectivity index (χ1n) is 15.0. The predicted octanol–water partition coefficient (Wildman–Crippen LogP) is 10.2. The van der Waals surface area contributed by atoms with Crippen LogP contribution in [0, 0.1) is 0 Å². The summed E-state index contributed by atoms with van der Waals surface area (Å²) >= 11 is 0.279. The van der Waals surface area contributed by atoms with Gasteiger partial charge in [-0.3, -0.25) is 0 Å². The molecule has 7 aromatic carbocycles. The second kappa shape index (κ2) is 10.6. The summed E-state index contributed by atoms with van der Waals surface area (Å²) in [4.78, 5) is 14.8. The molecule has 0 amide bonds. The Bertz CT molecular complexity index is 2480. The minimum Gasteiger partial charge on any atom is -0.0615 e. The Balaban J connectivity index is 1.23. The molecule has 0 saturated carbocycles. The first-order chi connectivity index (χ1) is 22.3. The van der Waals surface area contributed by atoms with E-state index >= 15 is 0 Å². The second-order valence-corrected chi connectivity index (χ2v) is 13.4. The zero-order chi connectivity index (χ0) is 29.7. The van der Waals surface area contributed by atoms with Crippen molar-refractivity contribution in [3.63, 3.8) is 0 Å². The van der Waals surface area contributed by atoms with E-state index in [-0.39, 0.29) is 14.5 Å². The Morgan fingerprint density at radius 1 is 0.378 bits per heavy atom. The van der Waals surface area contributed by atoms with Crippen molar-refractivity contribution in [2.45, 2.75) is 0 Å². The van der Waals surface area contributed by atoms with E-state index in [9.17, 15) is 0 Å². The summed E-state index contributed by atoms with van der Waals surface area (Å²) in [7, 11) is 0. The number of hydrogen-bond donors (Lipinski definition) is 0. The molecule has 0 aliphatic heterocycles. The van der Waals surface area contributed by atoms with Gasteiger partial charge in [0, 0.05) is 0 Å². The van der Waals surface area contributed by atoms with Gasteiger partial charge in [-0.1, -0.05) is 60.7 Å². The van der Waals surface area contributed by atoms with Crippen LogP contribution in [0.5, 0.6) is 0 Å². The van der Waals surface area contributed by atoms with Crippen molar-refractivity contribution in [1.29, 1.82) is 0 Å². The molecule has 0 atom stereocenters. The third-order valence-corrected chi connectivity index (χ3v) is 11.0. The summed E-state index contributed by atoms with van der Waals surface area (Å²) in [5.41, 5.74) is 5.24. The second-order valence-electron chi connectivity index (χ2n) is 11.2. The summed E-state index contributed by atoms with van der Waals surface area (Å²) in [6, 6.07) is 53.6. The topological polar surface area (TPSA) is 38.7 Å². The molecule has 0 saturated heterocycles. The summed E-state index contributed by atoms with van der Waals surface area (Å²) < 4.78 is 2.96. The summed E-state index contributed by atoms with van der Waals surface area (Å²) in [5.74, 6) is 1.99. The number of fused-ring (bicyclic) bond motifs is 7. The third kappa shape index (κ3) is 4.46. The maximum Gasteiger partial charge on any atom is -0.0512 e. The average Bonchev–Trinajstić information content (AvgIpc) is 3.51. The van der Waals surface area contributed by atoms with Gasteiger partial charge in [-0.15, -0.1) is 0 Å². The summed E-state index contributed by atoms with van der Waals surface area (Å²) in [6.45, 7) is 0. The molecular weight excluding hydrogens is 613 g/mol. The molecule has 9 aromatic rings. The molecule has 4 heteroatoms. The SMILES string of the molecule is c1ccc(-c2nc(-c3ccccc3)nc(-c3cccc(-c4cccc5c4ccc4ccc6c7ccccc7[se]c6c45)c3)n2)cc1. The van der Waals surface area contributed by atoms with Crippen LogP contribution in [0.3, 0.4) is 0 Å². The van der Waals surface area contributed by atoms with E-state index in [4.69, 9.17) is 15.0 Å². The van der Waals surface area contributed by atoms with Crippen LogP contribution in [0.2, 0.25) is 0 Å². The monoisotopic (exact) mass is 639 g/mol. The Morgan fingerprint density at radius 3 is 1.67 bits per heavy atom. The van der Waals surface area contributed by atoms with E-state index < -0.39 is 0 Å². The molecule has 2 aromatic heterocycles. The largest absolute Gasteiger partial charge is 0.0615 e. The standard InChI is InChI=1S/C41H25N3Se/c1-3-11-27(12-4-1)39-42-40(28-13-5-2-6-14-28)44-41(43-39)30-16-9-15-29(25-30)31-18-10-19-34-32(31)23-21-26-22-24-35-33-17-7-8-20-36(33)45-38(35)37(26)34/h1-25H. The number of aromatic nitrogens is 3. The molecule has 0 N–H and O–H groups in total. The maximum atomic E-state index is 4.98. The van der Waals surface area contributed by atoms with Crippen LogP contribution >= 0.6 is 0 Å². The minimum absolute atomic E-state index is 0.279. The van der Waals surface area contributed by atoms with Gasteiger partial charge in [0.05, 0.1) is 0 Å². The molecule has 0 aliphatic rings. The zero-order valence-corrected chi connectivity index (χ0v) is 25.9. The molecule has 45 heavy (non-hydrogen) atoms. The molecule has 0 spiro atoms. The number of rotatable bonds is 4. The van der Waals surface area contributed by atoms with Gasteiger partial charge in [0.25, 0.3) is 0 Å². The van der Waals surface area contributed by atoms with E-state index in [0.29, 0.717) is 17.5 Å². The number of hydrogen-bond acceptors (Lipinski definition) is 3. The third-order valence-electron chi connectivity index (χ3n) is 8.52. The number of benzene rings is 7. The normalized spacial score (nSPS) is 11.6. The molecule has 3 nitrogen and oxygen atoms in total. The van der Waals surface area contributed by atoms with Crippen molar-refractivity contribution in [3.05, 3.63) is 152 Å². The van der Waals surface area contributed by atoms with Gasteiger partial charge < -0.3 is 0 Å². The van der Waals surface area contributed by atoms with Gasteiger partial charge in [0.2, 0.25) is 0 Å². The smallest absolute Gasteiger partial charge is 0.0512 e. The summed E-state index contributed by atoms with van der Waals surface area (Å²) in [6.07, 6.45) is 0. The van der Waals surface area contributed by atoms with Crippen LogP contribution in [0.1, 0.15) is 0 Å². The first kappa shape index (κ1) is 26.0. The van der Waals surface area contributed by atoms with Crippen molar-refractivity contribution >= 4 is 55.3 Å². The zero-order valence-electron chi connectivity index (χ0n) is 24.2. The van der Waals surface area contributed by atoms with Crippen LogP contribution in [-0.2, 0) is 0 Å². The van der Waals surface area contributed by atoms with Crippen molar-refractivity contribution < 1.29 is 0 Å². The number of nitrogens with zero attached hydrogens (tertiary/aromatic N) is 3. The molecule has 0 aliphatic carbocycles. The Hall–Kier alpha value is -5.41. The predicted molar refractivity (Wildman–Crippen MR) is 189 cm³/mol. The van der Waals surface area contributed by atoms with Crippen molar-refractivity contribution in [1.82, 2.24) is 15.0 Å². The van der Waals surface area contributed by atoms with Gasteiger partial charge >= 0.3 is 207 Å². The molecule has 0 fully saturated rings. The Kier molecular flexibility index (Phi) is 6.15. The molecule has 2 heterocycles. The van der Waals surface area contributed by atoms with Gasteiger partial charge in [0.1, 0.15) is 0 Å². The van der Waals surface area contributed by atoms with Crippen molar-refractivity contribution in [2.24, 2.45) is 0 Å². The van der Waals surface area contributed by atoms with Crippen molar-refractivity contribution in [3.8, 4) is 45.3 Å². The summed E-state index contributed by atoms with van der Waals surface area (Å²) in [5, 5.41) is 8.02. The molecule has 0 unspecified atom stereocenters. The van der Waals surface area contributed by atoms with Crippen molar-refractivity contribution in [2.75, 3.05) is 0 Å². The van der Waals surface area contributed by atoms with Crippen LogP contribution < -0.4 is 0 Å². The van der Waals surface area contributed by atoms with Gasteiger partial charge in [-0.2, -0.15) is 0 Å². The molecule has 9 rings (SSSR count). The minimum atomic E-state index is 0.279. The molecule has 0 radical (unpaired) electrons. The quantitative estimate of drug-likeness (QED) is 0.142. The van der Waals surface area contributed by atoms with E-state index in [1.807, 2.05) is 60.7 Å². The fourth-order valence-corrected chi connectivity index (χ4v) is 9.04. The van der Waals surface area contributed by atoms with Gasteiger partial charge in [0.15, 0.2) is 0 Å². The Labute approximate surface area is 266 Å². The average molecular weight is 639 g/mol. The fraction of sp³-hybridized carbons (Fsp3) is 0. The fourth-order valence-electron chi connectivity index (χ4n) is 6.37. The molecular formula is C41H25N3Se. The van der Waals surface area contributed by atoms with E-state index in [1.165, 1.54) is 46.4 Å². The molecule has 210 valence electrons. The van der Waals surface area contributed by atoms with E-state index in [1.54, 1.807) is 0 Å². The first-order valence-corrected chi connectivity index (χ1v) is 16.7. The van der Waals surface area contributed by atoms with Crippen LogP contribution in [0.15, 0.2) is 152 Å². The van der Waals surface area contributed by atoms with Gasteiger partial charge in [-0.05, 0) is 0 Å². The van der Waals surface area contributed by atoms with Crippen LogP contribution in [-0.4, -0.2) is 29.5 Å². The van der Waals surface area contributed by atoms with Crippen LogP contribution in [0.25, 0.3) is 86.1 Å².